The average molecular weight is 265 g/mol. The Hall–Kier alpha value is -1.92. The van der Waals surface area contributed by atoms with Crippen molar-refractivity contribution in [1.82, 2.24) is 4.90 Å². The monoisotopic (exact) mass is 265 g/mol. The lowest BCUT2D eigenvalue weighted by Gasteiger charge is -2.24. The largest absolute Gasteiger partial charge is 0.478 e. The van der Waals surface area contributed by atoms with Crippen LogP contribution in [0, 0.1) is 0 Å². The first kappa shape index (κ1) is 13.5. The molecule has 1 atom stereocenters. The molecule has 6 heteroatoms. The quantitative estimate of drug-likeness (QED) is 0.856. The van der Waals surface area contributed by atoms with Crippen LogP contribution in [0.4, 0.5) is 0 Å². The molecule has 1 aromatic carbocycles. The summed E-state index contributed by atoms with van der Waals surface area (Å²) in [7, 11) is 0. The smallest absolute Gasteiger partial charge is 0.336 e. The predicted octanol–water partition coefficient (Wildman–Crippen LogP) is 1.43. The van der Waals surface area contributed by atoms with Gasteiger partial charge in [-0.25, -0.2) is 9.59 Å². The van der Waals surface area contributed by atoms with Gasteiger partial charge in [-0.2, -0.15) is 0 Å². The summed E-state index contributed by atoms with van der Waals surface area (Å²) in [4.78, 5) is 24.2. The Kier molecular flexibility index (Phi) is 3.82. The normalized spacial score (nSPS) is 17.3. The van der Waals surface area contributed by atoms with Gasteiger partial charge in [0.05, 0.1) is 24.5 Å². The summed E-state index contributed by atoms with van der Waals surface area (Å²) in [6.07, 6.45) is 0. The third-order valence-electron chi connectivity index (χ3n) is 3.31. The van der Waals surface area contributed by atoms with Gasteiger partial charge in [-0.15, -0.1) is 0 Å². The number of benzene rings is 1. The number of carbonyl (C=O) groups is 2. The molecule has 0 amide bonds. The van der Waals surface area contributed by atoms with E-state index in [1.165, 1.54) is 18.2 Å². The molecule has 0 aromatic heterocycles. The van der Waals surface area contributed by atoms with Crippen molar-refractivity contribution in [1.29, 1.82) is 0 Å². The van der Waals surface area contributed by atoms with Crippen LogP contribution in [0.1, 0.15) is 39.2 Å². The van der Waals surface area contributed by atoms with Crippen LogP contribution in [0.15, 0.2) is 18.2 Å². The van der Waals surface area contributed by atoms with Gasteiger partial charge < -0.3 is 14.9 Å². The van der Waals surface area contributed by atoms with Crippen LogP contribution in [0.25, 0.3) is 0 Å². The Morgan fingerprint density at radius 2 is 2.05 bits per heavy atom. The number of nitrogens with zero attached hydrogens (tertiary/aromatic N) is 1. The Balaban J connectivity index is 2.41. The van der Waals surface area contributed by atoms with Gasteiger partial charge in [0, 0.05) is 12.6 Å². The zero-order chi connectivity index (χ0) is 14.0. The topological polar surface area (TPSA) is 87.1 Å². The highest BCUT2D eigenvalue weighted by Crippen LogP contribution is 2.26. The molecule has 19 heavy (non-hydrogen) atoms. The molecule has 0 aliphatic carbocycles. The standard InChI is InChI=1S/C13H15NO5/c1-8(14-4-5-19-7-14)11-6-9(12(15)16)2-3-10(11)13(17)18/h2-3,6,8H,4-5,7H2,1H3,(H,15,16)(H,17,18). The van der Waals surface area contributed by atoms with E-state index >= 15 is 0 Å². The van der Waals surface area contributed by atoms with Crippen molar-refractivity contribution in [3.63, 3.8) is 0 Å². The molecule has 1 unspecified atom stereocenters. The number of carboxylic acids is 2. The summed E-state index contributed by atoms with van der Waals surface area (Å²) in [5.41, 5.74) is 0.717. The van der Waals surface area contributed by atoms with Gasteiger partial charge >= 0.3 is 11.9 Å². The molecule has 0 radical (unpaired) electrons. The van der Waals surface area contributed by atoms with Gasteiger partial charge in [0.15, 0.2) is 0 Å². The molecule has 0 spiro atoms. The summed E-state index contributed by atoms with van der Waals surface area (Å²) in [6.45, 7) is 3.59. The molecule has 1 heterocycles. The molecule has 2 N–H and O–H groups in total. The van der Waals surface area contributed by atoms with E-state index < -0.39 is 11.9 Å². The molecule has 102 valence electrons. The SMILES string of the molecule is CC(c1cc(C(=O)O)ccc1C(=O)O)N1CCOC1. The lowest BCUT2D eigenvalue weighted by molar-refractivity contribution is 0.0676. The summed E-state index contributed by atoms with van der Waals surface area (Å²) >= 11 is 0. The predicted molar refractivity (Wildman–Crippen MR) is 66.3 cm³/mol. The first-order chi connectivity index (χ1) is 9.00. The highest BCUT2D eigenvalue weighted by molar-refractivity contribution is 5.93. The molecule has 1 aliphatic heterocycles. The van der Waals surface area contributed by atoms with Crippen LogP contribution in [0.5, 0.6) is 0 Å². The average Bonchev–Trinajstić information content (AvgIpc) is 2.90. The molecule has 1 fully saturated rings. The van der Waals surface area contributed by atoms with Crippen LogP contribution in [0.3, 0.4) is 0 Å². The van der Waals surface area contributed by atoms with Crippen molar-refractivity contribution in [3.05, 3.63) is 34.9 Å². The second-order valence-electron chi connectivity index (χ2n) is 4.44. The van der Waals surface area contributed by atoms with E-state index in [9.17, 15) is 14.7 Å². The van der Waals surface area contributed by atoms with E-state index in [1.807, 2.05) is 11.8 Å². The summed E-state index contributed by atoms with van der Waals surface area (Å²) in [5, 5.41) is 18.2. The number of carboxylic acid groups (broad SMARTS) is 2. The van der Waals surface area contributed by atoms with Gasteiger partial charge in [0.1, 0.15) is 0 Å². The van der Waals surface area contributed by atoms with Crippen molar-refractivity contribution in [2.45, 2.75) is 13.0 Å². The highest BCUT2D eigenvalue weighted by Gasteiger charge is 2.25. The number of rotatable bonds is 4. The van der Waals surface area contributed by atoms with Gasteiger partial charge in [-0.3, -0.25) is 4.90 Å². The minimum atomic E-state index is -1.07. The maximum Gasteiger partial charge on any atom is 0.336 e. The zero-order valence-electron chi connectivity index (χ0n) is 10.5. The van der Waals surface area contributed by atoms with Crippen molar-refractivity contribution >= 4 is 11.9 Å². The Morgan fingerprint density at radius 3 is 2.58 bits per heavy atom. The fourth-order valence-corrected chi connectivity index (χ4v) is 2.17. The number of aromatic carboxylic acids is 2. The second-order valence-corrected chi connectivity index (χ2v) is 4.44. The van der Waals surface area contributed by atoms with Gasteiger partial charge in [-0.05, 0) is 30.7 Å². The van der Waals surface area contributed by atoms with Crippen molar-refractivity contribution in [3.8, 4) is 0 Å². The molecular weight excluding hydrogens is 250 g/mol. The number of ether oxygens (including phenoxy) is 1. The summed E-state index contributed by atoms with van der Waals surface area (Å²) in [5.74, 6) is -2.12. The van der Waals surface area contributed by atoms with Gasteiger partial charge in [0.2, 0.25) is 0 Å². The highest BCUT2D eigenvalue weighted by atomic mass is 16.5. The summed E-state index contributed by atoms with van der Waals surface area (Å²) < 4.78 is 5.24. The van der Waals surface area contributed by atoms with Crippen molar-refractivity contribution < 1.29 is 24.5 Å². The van der Waals surface area contributed by atoms with Crippen LogP contribution in [-0.4, -0.2) is 46.9 Å². The van der Waals surface area contributed by atoms with E-state index in [0.717, 1.165) is 0 Å². The third kappa shape index (κ3) is 2.74. The van der Waals surface area contributed by atoms with Crippen LogP contribution < -0.4 is 0 Å². The minimum Gasteiger partial charge on any atom is -0.478 e. The Bertz CT molecular complexity index is 508. The first-order valence-corrected chi connectivity index (χ1v) is 5.93. The summed E-state index contributed by atoms with van der Waals surface area (Å²) in [6, 6.07) is 3.87. The van der Waals surface area contributed by atoms with E-state index in [1.54, 1.807) is 0 Å². The Labute approximate surface area is 110 Å². The van der Waals surface area contributed by atoms with E-state index in [2.05, 4.69) is 0 Å². The lowest BCUT2D eigenvalue weighted by Crippen LogP contribution is -2.25. The van der Waals surface area contributed by atoms with Crippen molar-refractivity contribution in [2.75, 3.05) is 19.9 Å². The van der Waals surface area contributed by atoms with Crippen LogP contribution in [0.2, 0.25) is 0 Å². The number of hydrogen-bond donors (Lipinski definition) is 2. The molecule has 0 saturated carbocycles. The lowest BCUT2D eigenvalue weighted by atomic mass is 9.97. The van der Waals surface area contributed by atoms with Crippen molar-refractivity contribution in [2.24, 2.45) is 0 Å². The van der Waals surface area contributed by atoms with Crippen LogP contribution >= 0.6 is 0 Å². The molecular formula is C13H15NO5. The van der Waals surface area contributed by atoms with E-state index in [0.29, 0.717) is 25.4 Å². The molecule has 0 bridgehead atoms. The van der Waals surface area contributed by atoms with Crippen LogP contribution in [-0.2, 0) is 4.74 Å². The van der Waals surface area contributed by atoms with E-state index in [-0.39, 0.29) is 17.2 Å². The number of hydrogen-bond acceptors (Lipinski definition) is 4. The molecule has 1 aromatic rings. The van der Waals surface area contributed by atoms with E-state index in [4.69, 9.17) is 9.84 Å². The molecule has 1 aliphatic rings. The fourth-order valence-electron chi connectivity index (χ4n) is 2.17. The molecule has 1 saturated heterocycles. The maximum absolute atomic E-state index is 11.2. The Morgan fingerprint density at radius 1 is 1.32 bits per heavy atom. The molecule has 6 nitrogen and oxygen atoms in total. The minimum absolute atomic E-state index is 0.0898. The first-order valence-electron chi connectivity index (χ1n) is 5.93. The zero-order valence-corrected chi connectivity index (χ0v) is 10.5. The third-order valence-corrected chi connectivity index (χ3v) is 3.31. The van der Waals surface area contributed by atoms with Gasteiger partial charge in [0.25, 0.3) is 0 Å². The molecule has 2 rings (SSSR count). The van der Waals surface area contributed by atoms with Gasteiger partial charge in [-0.1, -0.05) is 0 Å². The second kappa shape index (κ2) is 5.38. The fraction of sp³-hybridized carbons (Fsp3) is 0.385. The maximum atomic E-state index is 11.2.